The van der Waals surface area contributed by atoms with Gasteiger partial charge in [-0.2, -0.15) is 0 Å². The monoisotopic (exact) mass is 250 g/mol. The molecule has 0 aliphatic carbocycles. The Labute approximate surface area is 111 Å². The van der Waals surface area contributed by atoms with Gasteiger partial charge in [-0.25, -0.2) is 4.98 Å². The number of rotatable bonds is 9. The molecule has 18 heavy (non-hydrogen) atoms. The molecule has 0 saturated heterocycles. The van der Waals surface area contributed by atoms with E-state index in [0.29, 0.717) is 6.04 Å². The molecular formula is C15H26N2O. The average Bonchev–Trinajstić information content (AvgIpc) is 2.42. The van der Waals surface area contributed by atoms with Crippen LogP contribution in [0, 0.1) is 0 Å². The summed E-state index contributed by atoms with van der Waals surface area (Å²) in [5.41, 5.74) is 1.18. The van der Waals surface area contributed by atoms with Gasteiger partial charge >= 0.3 is 0 Å². The summed E-state index contributed by atoms with van der Waals surface area (Å²) in [7, 11) is 1.69. The molecule has 0 radical (unpaired) electrons. The second-order valence-electron chi connectivity index (χ2n) is 4.60. The summed E-state index contributed by atoms with van der Waals surface area (Å²) >= 11 is 0. The zero-order valence-electron chi connectivity index (χ0n) is 11.9. The van der Waals surface area contributed by atoms with Crippen LogP contribution in [0.4, 0.5) is 0 Å². The number of nitrogens with zero attached hydrogens (tertiary/aromatic N) is 1. The molecule has 0 aliphatic rings. The van der Waals surface area contributed by atoms with Crippen molar-refractivity contribution in [2.24, 2.45) is 0 Å². The topological polar surface area (TPSA) is 34.2 Å². The number of hydrogen-bond donors (Lipinski definition) is 1. The second-order valence-corrected chi connectivity index (χ2v) is 4.60. The summed E-state index contributed by atoms with van der Waals surface area (Å²) in [5.74, 6) is 0.752. The van der Waals surface area contributed by atoms with Crippen LogP contribution in [0.2, 0.25) is 0 Å². The van der Waals surface area contributed by atoms with Crippen molar-refractivity contribution in [1.82, 2.24) is 10.3 Å². The smallest absolute Gasteiger partial charge is 0.217 e. The van der Waals surface area contributed by atoms with Crippen LogP contribution >= 0.6 is 0 Å². The Morgan fingerprint density at radius 3 is 2.78 bits per heavy atom. The zero-order valence-corrected chi connectivity index (χ0v) is 11.9. The number of hydrogen-bond acceptors (Lipinski definition) is 3. The molecule has 1 N–H and O–H groups in total. The number of methoxy groups -OCH3 is 1. The number of unbranched alkanes of at least 4 members (excludes halogenated alkanes) is 2. The molecule has 1 atom stereocenters. The number of nitrogens with one attached hydrogen (secondary N) is 1. The summed E-state index contributed by atoms with van der Waals surface area (Å²) in [6, 6.07) is 4.46. The Morgan fingerprint density at radius 2 is 2.11 bits per heavy atom. The van der Waals surface area contributed by atoms with Crippen LogP contribution in [0.25, 0.3) is 0 Å². The highest BCUT2D eigenvalue weighted by atomic mass is 16.5. The van der Waals surface area contributed by atoms with Crippen LogP contribution in [0.5, 0.6) is 5.88 Å². The van der Waals surface area contributed by atoms with Crippen molar-refractivity contribution in [3.05, 3.63) is 23.9 Å². The molecule has 3 nitrogen and oxygen atoms in total. The Morgan fingerprint density at radius 1 is 1.28 bits per heavy atom. The third-order valence-electron chi connectivity index (χ3n) is 3.11. The fourth-order valence-electron chi connectivity index (χ4n) is 2.12. The van der Waals surface area contributed by atoms with Crippen molar-refractivity contribution in [3.8, 4) is 5.88 Å². The maximum absolute atomic E-state index is 5.36. The summed E-state index contributed by atoms with van der Waals surface area (Å²) < 4.78 is 5.36. The van der Waals surface area contributed by atoms with Crippen molar-refractivity contribution in [2.75, 3.05) is 13.7 Å². The Hall–Kier alpha value is -1.09. The lowest BCUT2D eigenvalue weighted by atomic mass is 10.0. The van der Waals surface area contributed by atoms with Crippen molar-refractivity contribution >= 4 is 0 Å². The molecule has 1 aromatic heterocycles. The molecule has 3 heteroatoms. The van der Waals surface area contributed by atoms with Gasteiger partial charge in [-0.1, -0.05) is 39.2 Å². The van der Waals surface area contributed by atoms with E-state index in [0.717, 1.165) is 25.3 Å². The van der Waals surface area contributed by atoms with Gasteiger partial charge in [0.15, 0.2) is 0 Å². The summed E-state index contributed by atoms with van der Waals surface area (Å²) in [5, 5.41) is 3.60. The lowest BCUT2D eigenvalue weighted by Crippen LogP contribution is -2.23. The molecule has 1 rings (SSSR count). The van der Waals surface area contributed by atoms with Crippen LogP contribution in [-0.4, -0.2) is 18.6 Å². The fraction of sp³-hybridized carbons (Fsp3) is 0.667. The van der Waals surface area contributed by atoms with Gasteiger partial charge in [0, 0.05) is 17.8 Å². The van der Waals surface area contributed by atoms with E-state index < -0.39 is 0 Å². The fourth-order valence-corrected chi connectivity index (χ4v) is 2.12. The third-order valence-corrected chi connectivity index (χ3v) is 3.11. The van der Waals surface area contributed by atoms with Crippen molar-refractivity contribution < 1.29 is 4.74 Å². The highest BCUT2D eigenvalue weighted by Gasteiger charge is 2.15. The first-order chi connectivity index (χ1) is 8.83. The quantitative estimate of drug-likeness (QED) is 0.678. The summed E-state index contributed by atoms with van der Waals surface area (Å²) in [6.45, 7) is 5.46. The van der Waals surface area contributed by atoms with Crippen LogP contribution in [0.15, 0.2) is 18.3 Å². The van der Waals surface area contributed by atoms with Crippen molar-refractivity contribution in [1.29, 1.82) is 0 Å². The van der Waals surface area contributed by atoms with Crippen molar-refractivity contribution in [3.63, 3.8) is 0 Å². The van der Waals surface area contributed by atoms with Crippen LogP contribution in [0.1, 0.15) is 57.6 Å². The Balaban J connectivity index is 2.72. The lowest BCUT2D eigenvalue weighted by molar-refractivity contribution is 0.376. The van der Waals surface area contributed by atoms with Gasteiger partial charge in [0.25, 0.3) is 0 Å². The van der Waals surface area contributed by atoms with Crippen molar-refractivity contribution in [2.45, 2.75) is 52.0 Å². The molecule has 0 aliphatic heterocycles. The van der Waals surface area contributed by atoms with E-state index in [2.05, 4.69) is 30.2 Å². The standard InChI is InChI=1S/C15H26N2O/c1-4-6-7-10-14(16-11-5-2)13-9-8-12-17-15(13)18-3/h8-9,12,14,16H,4-7,10-11H2,1-3H3. The largest absolute Gasteiger partial charge is 0.481 e. The van der Waals surface area contributed by atoms with E-state index in [9.17, 15) is 0 Å². The number of ether oxygens (including phenoxy) is 1. The van der Waals surface area contributed by atoms with E-state index >= 15 is 0 Å². The molecule has 102 valence electrons. The predicted octanol–water partition coefficient (Wildman–Crippen LogP) is 3.71. The van der Waals surface area contributed by atoms with Crippen LogP contribution < -0.4 is 10.1 Å². The molecule has 1 unspecified atom stereocenters. The molecule has 0 amide bonds. The first-order valence-corrected chi connectivity index (χ1v) is 7.05. The van der Waals surface area contributed by atoms with Gasteiger partial charge in [-0.3, -0.25) is 0 Å². The third kappa shape index (κ3) is 4.65. The summed E-state index contributed by atoms with van der Waals surface area (Å²) in [4.78, 5) is 4.29. The molecular weight excluding hydrogens is 224 g/mol. The minimum atomic E-state index is 0.361. The van der Waals surface area contributed by atoms with E-state index in [-0.39, 0.29) is 0 Å². The highest BCUT2D eigenvalue weighted by Crippen LogP contribution is 2.26. The highest BCUT2D eigenvalue weighted by molar-refractivity contribution is 5.28. The van der Waals surface area contributed by atoms with E-state index in [1.807, 2.05) is 6.07 Å². The van der Waals surface area contributed by atoms with E-state index in [4.69, 9.17) is 4.74 Å². The van der Waals surface area contributed by atoms with E-state index in [1.54, 1.807) is 13.3 Å². The minimum Gasteiger partial charge on any atom is -0.481 e. The molecule has 1 heterocycles. The molecule has 0 aromatic carbocycles. The molecule has 0 bridgehead atoms. The van der Waals surface area contributed by atoms with Gasteiger partial charge < -0.3 is 10.1 Å². The van der Waals surface area contributed by atoms with Gasteiger partial charge in [0.05, 0.1) is 7.11 Å². The number of aromatic nitrogens is 1. The summed E-state index contributed by atoms with van der Waals surface area (Å²) in [6.07, 6.45) is 7.86. The molecule has 0 fully saturated rings. The Bertz CT molecular complexity index is 328. The average molecular weight is 250 g/mol. The molecule has 0 spiro atoms. The van der Waals surface area contributed by atoms with Gasteiger partial charge in [0.2, 0.25) is 5.88 Å². The van der Waals surface area contributed by atoms with Crippen LogP contribution in [0.3, 0.4) is 0 Å². The normalized spacial score (nSPS) is 12.4. The number of pyridine rings is 1. The molecule has 0 saturated carbocycles. The first kappa shape index (κ1) is 15.0. The van der Waals surface area contributed by atoms with Gasteiger partial charge in [-0.05, 0) is 25.5 Å². The predicted molar refractivity (Wildman–Crippen MR) is 76.0 cm³/mol. The van der Waals surface area contributed by atoms with Gasteiger partial charge in [0.1, 0.15) is 0 Å². The minimum absolute atomic E-state index is 0.361. The lowest BCUT2D eigenvalue weighted by Gasteiger charge is -2.20. The second kappa shape index (κ2) is 8.92. The maximum Gasteiger partial charge on any atom is 0.217 e. The zero-order chi connectivity index (χ0) is 13.2. The Kier molecular flexibility index (Phi) is 7.42. The van der Waals surface area contributed by atoms with Crippen LogP contribution in [-0.2, 0) is 0 Å². The first-order valence-electron chi connectivity index (χ1n) is 7.05. The van der Waals surface area contributed by atoms with Gasteiger partial charge in [-0.15, -0.1) is 0 Å². The SMILES string of the molecule is CCCCCC(NCCC)c1cccnc1OC. The maximum atomic E-state index is 5.36. The molecule has 1 aromatic rings. The van der Waals surface area contributed by atoms with E-state index in [1.165, 1.54) is 24.8 Å².